The van der Waals surface area contributed by atoms with Gasteiger partial charge in [0, 0.05) is 44.5 Å². The number of aromatic nitrogens is 4. The molecule has 0 unspecified atom stereocenters. The number of nitrogens with zero attached hydrogens (tertiary/aromatic N) is 4. The smallest absolute Gasteiger partial charge is 0.269 e. The number of amides is 1. The van der Waals surface area contributed by atoms with Gasteiger partial charge in [0.25, 0.3) is 11.5 Å². The summed E-state index contributed by atoms with van der Waals surface area (Å²) in [6.07, 6.45) is 2.53. The molecule has 0 saturated carbocycles. The third-order valence-corrected chi connectivity index (χ3v) is 5.08. The van der Waals surface area contributed by atoms with Crippen molar-refractivity contribution in [2.24, 2.45) is 0 Å². The SMILES string of the molecule is CCc1cn2nc(CN3CC(Oc4ccc(C(=O)NC)nc4C)C3)cc2[nH]c1=O. The second kappa shape index (κ2) is 7.67. The van der Waals surface area contributed by atoms with E-state index in [4.69, 9.17) is 4.74 Å². The minimum atomic E-state index is -0.214. The number of hydrogen-bond donors (Lipinski definition) is 2. The van der Waals surface area contributed by atoms with Gasteiger partial charge in [-0.05, 0) is 25.5 Å². The van der Waals surface area contributed by atoms with Crippen molar-refractivity contribution >= 4 is 11.6 Å². The summed E-state index contributed by atoms with van der Waals surface area (Å²) in [5.41, 5.74) is 3.34. The Labute approximate surface area is 167 Å². The van der Waals surface area contributed by atoms with Crippen LogP contribution in [0.1, 0.15) is 34.4 Å². The van der Waals surface area contributed by atoms with Crippen LogP contribution in [0.4, 0.5) is 0 Å². The Morgan fingerprint density at radius 2 is 2.17 bits per heavy atom. The molecule has 9 heteroatoms. The van der Waals surface area contributed by atoms with Gasteiger partial charge in [-0.15, -0.1) is 0 Å². The monoisotopic (exact) mass is 396 g/mol. The fraction of sp³-hybridized carbons (Fsp3) is 0.400. The normalized spacial score (nSPS) is 14.7. The molecule has 0 bridgehead atoms. The minimum absolute atomic E-state index is 0.0599. The number of H-pyrrole nitrogens is 1. The lowest BCUT2D eigenvalue weighted by Gasteiger charge is -2.38. The summed E-state index contributed by atoms with van der Waals surface area (Å²) in [6, 6.07) is 5.36. The van der Waals surface area contributed by atoms with Crippen LogP contribution in [0.15, 0.2) is 29.2 Å². The van der Waals surface area contributed by atoms with Crippen LogP contribution in [0.25, 0.3) is 5.65 Å². The molecule has 1 saturated heterocycles. The van der Waals surface area contributed by atoms with Gasteiger partial charge in [-0.3, -0.25) is 14.5 Å². The Hall–Kier alpha value is -3.20. The largest absolute Gasteiger partial charge is 0.486 e. The molecule has 29 heavy (non-hydrogen) atoms. The number of carbonyl (C=O) groups is 1. The summed E-state index contributed by atoms with van der Waals surface area (Å²) >= 11 is 0. The van der Waals surface area contributed by atoms with E-state index in [1.54, 1.807) is 29.9 Å². The predicted octanol–water partition coefficient (Wildman–Crippen LogP) is 0.911. The molecular weight excluding hydrogens is 372 g/mol. The van der Waals surface area contributed by atoms with Gasteiger partial charge in [-0.2, -0.15) is 5.10 Å². The molecule has 0 radical (unpaired) electrons. The standard InChI is InChI=1S/C20H24N6O3/c1-4-13-8-26-18(23-19(13)27)7-14(24-26)9-25-10-15(11-25)29-17-6-5-16(20(28)21-3)22-12(17)2/h5-8,15H,4,9-11H2,1-3H3,(H,21,28)(H,23,27). The number of rotatable bonds is 6. The lowest BCUT2D eigenvalue weighted by Crippen LogP contribution is -2.53. The van der Waals surface area contributed by atoms with Gasteiger partial charge < -0.3 is 15.0 Å². The minimum Gasteiger partial charge on any atom is -0.486 e. The summed E-state index contributed by atoms with van der Waals surface area (Å²) in [7, 11) is 1.58. The van der Waals surface area contributed by atoms with Crippen LogP contribution >= 0.6 is 0 Å². The van der Waals surface area contributed by atoms with Gasteiger partial charge in [0.05, 0.1) is 11.4 Å². The molecule has 0 aliphatic carbocycles. The zero-order chi connectivity index (χ0) is 20.5. The van der Waals surface area contributed by atoms with Crippen molar-refractivity contribution in [1.29, 1.82) is 0 Å². The molecular formula is C20H24N6O3. The van der Waals surface area contributed by atoms with E-state index in [0.717, 1.165) is 24.3 Å². The van der Waals surface area contributed by atoms with Crippen molar-refractivity contribution in [1.82, 2.24) is 29.8 Å². The van der Waals surface area contributed by atoms with E-state index < -0.39 is 0 Å². The summed E-state index contributed by atoms with van der Waals surface area (Å²) in [5.74, 6) is 0.481. The average Bonchev–Trinajstić information content (AvgIpc) is 3.07. The molecule has 3 aromatic rings. The molecule has 1 aliphatic rings. The van der Waals surface area contributed by atoms with Crippen molar-refractivity contribution < 1.29 is 9.53 Å². The molecule has 3 aromatic heterocycles. The highest BCUT2D eigenvalue weighted by Crippen LogP contribution is 2.22. The average molecular weight is 396 g/mol. The van der Waals surface area contributed by atoms with E-state index >= 15 is 0 Å². The number of fused-ring (bicyclic) bond motifs is 1. The summed E-state index contributed by atoms with van der Waals surface area (Å²) in [5, 5.41) is 7.12. The first-order chi connectivity index (χ1) is 14.0. The number of aromatic amines is 1. The number of pyridine rings is 1. The van der Waals surface area contributed by atoms with Gasteiger partial charge in [-0.1, -0.05) is 6.92 Å². The Morgan fingerprint density at radius 1 is 1.38 bits per heavy atom. The molecule has 4 heterocycles. The number of carbonyl (C=O) groups excluding carboxylic acids is 1. The molecule has 1 fully saturated rings. The van der Waals surface area contributed by atoms with E-state index in [2.05, 4.69) is 25.3 Å². The highest BCUT2D eigenvalue weighted by Gasteiger charge is 2.29. The molecule has 1 aliphatic heterocycles. The van der Waals surface area contributed by atoms with Crippen molar-refractivity contribution in [2.75, 3.05) is 20.1 Å². The maximum Gasteiger partial charge on any atom is 0.269 e. The Morgan fingerprint density at radius 3 is 2.86 bits per heavy atom. The van der Waals surface area contributed by atoms with Crippen LogP contribution in [0.3, 0.4) is 0 Å². The van der Waals surface area contributed by atoms with E-state index in [1.165, 1.54) is 0 Å². The number of likely N-dealkylation sites (tertiary alicyclic amines) is 1. The van der Waals surface area contributed by atoms with E-state index in [1.807, 2.05) is 19.9 Å². The van der Waals surface area contributed by atoms with Gasteiger partial charge in [-0.25, -0.2) is 9.50 Å². The third-order valence-electron chi connectivity index (χ3n) is 5.08. The quantitative estimate of drug-likeness (QED) is 0.642. The number of ether oxygens (including phenoxy) is 1. The summed E-state index contributed by atoms with van der Waals surface area (Å²) in [4.78, 5) is 33.0. The molecule has 9 nitrogen and oxygen atoms in total. The van der Waals surface area contributed by atoms with E-state index in [0.29, 0.717) is 35.8 Å². The summed E-state index contributed by atoms with van der Waals surface area (Å²) in [6.45, 7) is 6.03. The van der Waals surface area contributed by atoms with Gasteiger partial charge in [0.15, 0.2) is 0 Å². The molecule has 1 amide bonds. The fourth-order valence-electron chi connectivity index (χ4n) is 3.43. The highest BCUT2D eigenvalue weighted by atomic mass is 16.5. The van der Waals surface area contributed by atoms with Crippen molar-refractivity contribution in [3.8, 4) is 5.75 Å². The molecule has 0 spiro atoms. The zero-order valence-electron chi connectivity index (χ0n) is 16.7. The Balaban J connectivity index is 1.35. The van der Waals surface area contributed by atoms with Crippen molar-refractivity contribution in [2.45, 2.75) is 32.9 Å². The first-order valence-corrected chi connectivity index (χ1v) is 9.66. The van der Waals surface area contributed by atoms with Crippen molar-refractivity contribution in [3.05, 3.63) is 57.4 Å². The topological polar surface area (TPSA) is 105 Å². The van der Waals surface area contributed by atoms with E-state index in [-0.39, 0.29) is 17.6 Å². The van der Waals surface area contributed by atoms with Crippen molar-refractivity contribution in [3.63, 3.8) is 0 Å². The maximum absolute atomic E-state index is 11.9. The first kappa shape index (κ1) is 19.1. The number of aryl methyl sites for hydroxylation is 2. The Kier molecular flexibility index (Phi) is 5.06. The molecule has 2 N–H and O–H groups in total. The van der Waals surface area contributed by atoms with E-state index in [9.17, 15) is 9.59 Å². The van der Waals surface area contributed by atoms with Crippen LogP contribution in [-0.4, -0.2) is 56.6 Å². The van der Waals surface area contributed by atoms with Gasteiger partial charge in [0.1, 0.15) is 23.2 Å². The van der Waals surface area contributed by atoms with Crippen LogP contribution < -0.4 is 15.6 Å². The fourth-order valence-corrected chi connectivity index (χ4v) is 3.43. The maximum atomic E-state index is 11.9. The number of hydrogen-bond acceptors (Lipinski definition) is 6. The first-order valence-electron chi connectivity index (χ1n) is 9.66. The summed E-state index contributed by atoms with van der Waals surface area (Å²) < 4.78 is 7.74. The molecule has 0 aromatic carbocycles. The van der Waals surface area contributed by atoms with Crippen LogP contribution in [0.2, 0.25) is 0 Å². The van der Waals surface area contributed by atoms with Gasteiger partial charge >= 0.3 is 0 Å². The molecule has 152 valence electrons. The Bertz CT molecular complexity index is 1110. The third kappa shape index (κ3) is 3.86. The van der Waals surface area contributed by atoms with Gasteiger partial charge in [0.2, 0.25) is 0 Å². The highest BCUT2D eigenvalue weighted by molar-refractivity contribution is 5.92. The molecule has 0 atom stereocenters. The molecule has 4 rings (SSSR count). The van der Waals surface area contributed by atoms with Crippen LogP contribution in [0, 0.1) is 6.92 Å². The van der Waals surface area contributed by atoms with Crippen LogP contribution in [-0.2, 0) is 13.0 Å². The second-order valence-electron chi connectivity index (χ2n) is 7.22. The number of nitrogens with one attached hydrogen (secondary N) is 2. The predicted molar refractivity (Wildman–Crippen MR) is 107 cm³/mol. The second-order valence-corrected chi connectivity index (χ2v) is 7.22. The zero-order valence-corrected chi connectivity index (χ0v) is 16.7. The lowest BCUT2D eigenvalue weighted by atomic mass is 10.1. The lowest BCUT2D eigenvalue weighted by molar-refractivity contribution is 0.0131. The van der Waals surface area contributed by atoms with Crippen LogP contribution in [0.5, 0.6) is 5.75 Å².